The Morgan fingerprint density at radius 3 is 2.80 bits per heavy atom. The van der Waals surface area contributed by atoms with Crippen molar-refractivity contribution in [3.63, 3.8) is 0 Å². The van der Waals surface area contributed by atoms with Crippen LogP contribution in [0.1, 0.15) is 10.6 Å². The van der Waals surface area contributed by atoms with Crippen molar-refractivity contribution in [2.75, 3.05) is 5.32 Å². The van der Waals surface area contributed by atoms with Gasteiger partial charge in [0.25, 0.3) is 5.91 Å². The largest absolute Gasteiger partial charge is 0.444 e. The Morgan fingerprint density at radius 2 is 2.20 bits per heavy atom. The van der Waals surface area contributed by atoms with Gasteiger partial charge in [-0.05, 0) is 40.2 Å². The second-order valence-corrected chi connectivity index (χ2v) is 3.55. The predicted octanol–water partition coefficient (Wildman–Crippen LogP) is 2.69. The van der Waals surface area contributed by atoms with E-state index in [9.17, 15) is 4.79 Å². The molecular weight excluding hydrogens is 260 g/mol. The molecular formula is C10H7BrN2O2. The molecule has 15 heavy (non-hydrogen) atoms. The molecule has 0 saturated carbocycles. The predicted molar refractivity (Wildman–Crippen MR) is 58.6 cm³/mol. The minimum absolute atomic E-state index is 0.243. The van der Waals surface area contributed by atoms with Crippen LogP contribution in [0, 0.1) is 0 Å². The lowest BCUT2D eigenvalue weighted by molar-refractivity contribution is 0.0995. The number of nitrogens with zero attached hydrogens (tertiary/aromatic N) is 1. The molecule has 5 heteroatoms. The van der Waals surface area contributed by atoms with Gasteiger partial charge >= 0.3 is 0 Å². The molecule has 0 aliphatic carbocycles. The molecule has 2 rings (SSSR count). The maximum absolute atomic E-state index is 11.6. The summed E-state index contributed by atoms with van der Waals surface area (Å²) >= 11 is 3.12. The van der Waals surface area contributed by atoms with Gasteiger partial charge in [0.15, 0.2) is 10.4 Å². The third kappa shape index (κ3) is 2.44. The van der Waals surface area contributed by atoms with Gasteiger partial charge in [0.05, 0.1) is 0 Å². The molecule has 0 unspecified atom stereocenters. The zero-order valence-electron chi connectivity index (χ0n) is 7.61. The maximum Gasteiger partial charge on any atom is 0.292 e. The number of hydrogen-bond acceptors (Lipinski definition) is 3. The summed E-state index contributed by atoms with van der Waals surface area (Å²) in [6, 6.07) is 8.52. The number of aromatic nitrogens is 1. The number of anilines is 1. The number of carbonyl (C=O) groups is 1. The van der Waals surface area contributed by atoms with Crippen LogP contribution in [0.4, 0.5) is 5.82 Å². The molecule has 76 valence electrons. The summed E-state index contributed by atoms with van der Waals surface area (Å²) in [5.41, 5.74) is 0. The molecule has 0 aliphatic heterocycles. The van der Waals surface area contributed by atoms with Crippen LogP contribution in [0.3, 0.4) is 0 Å². The van der Waals surface area contributed by atoms with Gasteiger partial charge in [-0.1, -0.05) is 6.07 Å². The molecule has 0 atom stereocenters. The van der Waals surface area contributed by atoms with Crippen LogP contribution in [-0.2, 0) is 0 Å². The summed E-state index contributed by atoms with van der Waals surface area (Å²) in [7, 11) is 0. The Morgan fingerprint density at radius 1 is 1.33 bits per heavy atom. The lowest BCUT2D eigenvalue weighted by Gasteiger charge is -2.00. The molecule has 0 saturated heterocycles. The molecule has 1 N–H and O–H groups in total. The van der Waals surface area contributed by atoms with E-state index in [0.29, 0.717) is 10.5 Å². The zero-order chi connectivity index (χ0) is 10.7. The highest BCUT2D eigenvalue weighted by Crippen LogP contribution is 2.15. The molecule has 0 bridgehead atoms. The van der Waals surface area contributed by atoms with Gasteiger partial charge in [-0.25, -0.2) is 4.98 Å². The average molecular weight is 267 g/mol. The van der Waals surface area contributed by atoms with Crippen LogP contribution in [0.25, 0.3) is 0 Å². The highest BCUT2D eigenvalue weighted by molar-refractivity contribution is 9.10. The highest BCUT2D eigenvalue weighted by atomic mass is 79.9. The van der Waals surface area contributed by atoms with Crippen LogP contribution in [0.5, 0.6) is 0 Å². The number of carbonyl (C=O) groups excluding carboxylic acids is 1. The van der Waals surface area contributed by atoms with Crippen LogP contribution in [0.2, 0.25) is 0 Å². The first kappa shape index (κ1) is 9.92. The zero-order valence-corrected chi connectivity index (χ0v) is 9.19. The summed E-state index contributed by atoms with van der Waals surface area (Å²) < 4.78 is 5.62. The Bertz CT molecular complexity index is 467. The molecule has 2 aromatic rings. The Balaban J connectivity index is 2.11. The molecule has 4 nitrogen and oxygen atoms in total. The summed E-state index contributed by atoms with van der Waals surface area (Å²) in [6.07, 6.45) is 1.60. The van der Waals surface area contributed by atoms with Gasteiger partial charge in [0.1, 0.15) is 5.82 Å². The van der Waals surface area contributed by atoms with E-state index >= 15 is 0 Å². The van der Waals surface area contributed by atoms with Crippen molar-refractivity contribution in [1.29, 1.82) is 0 Å². The molecule has 0 fully saturated rings. The van der Waals surface area contributed by atoms with Gasteiger partial charge in [0.2, 0.25) is 0 Å². The molecule has 2 aromatic heterocycles. The normalized spacial score (nSPS) is 9.93. The van der Waals surface area contributed by atoms with Crippen LogP contribution in [-0.4, -0.2) is 10.9 Å². The summed E-state index contributed by atoms with van der Waals surface area (Å²) in [6.45, 7) is 0. The lowest BCUT2D eigenvalue weighted by Crippen LogP contribution is -2.11. The molecule has 0 aromatic carbocycles. The molecule has 2 heterocycles. The van der Waals surface area contributed by atoms with E-state index in [4.69, 9.17) is 4.42 Å². The molecule has 0 radical (unpaired) electrons. The van der Waals surface area contributed by atoms with Gasteiger partial charge < -0.3 is 9.73 Å². The Labute approximate surface area is 94.4 Å². The number of amides is 1. The van der Waals surface area contributed by atoms with Gasteiger partial charge in [-0.2, -0.15) is 0 Å². The fourth-order valence-corrected chi connectivity index (χ4v) is 1.36. The van der Waals surface area contributed by atoms with E-state index in [1.807, 2.05) is 0 Å². The van der Waals surface area contributed by atoms with Crippen molar-refractivity contribution in [2.24, 2.45) is 0 Å². The molecule has 0 aliphatic rings. The fraction of sp³-hybridized carbons (Fsp3) is 0. The number of rotatable bonds is 2. The monoisotopic (exact) mass is 266 g/mol. The van der Waals surface area contributed by atoms with Crippen molar-refractivity contribution in [1.82, 2.24) is 4.98 Å². The smallest absolute Gasteiger partial charge is 0.292 e. The van der Waals surface area contributed by atoms with Gasteiger partial charge in [0, 0.05) is 6.20 Å². The van der Waals surface area contributed by atoms with E-state index in [1.54, 1.807) is 36.5 Å². The van der Waals surface area contributed by atoms with Crippen LogP contribution >= 0.6 is 15.9 Å². The first-order valence-corrected chi connectivity index (χ1v) is 5.03. The molecule has 0 spiro atoms. The third-order valence-corrected chi connectivity index (χ3v) is 2.13. The van der Waals surface area contributed by atoms with Crippen molar-refractivity contribution in [2.45, 2.75) is 0 Å². The van der Waals surface area contributed by atoms with Crippen LogP contribution in [0.15, 0.2) is 45.6 Å². The number of nitrogens with one attached hydrogen (secondary N) is 1. The van der Waals surface area contributed by atoms with E-state index in [0.717, 1.165) is 0 Å². The highest BCUT2D eigenvalue weighted by Gasteiger charge is 2.10. The number of pyridine rings is 1. The second kappa shape index (κ2) is 4.27. The average Bonchev–Trinajstić information content (AvgIpc) is 2.66. The van der Waals surface area contributed by atoms with Gasteiger partial charge in [-0.15, -0.1) is 0 Å². The van der Waals surface area contributed by atoms with E-state index in [2.05, 4.69) is 26.2 Å². The third-order valence-electron chi connectivity index (χ3n) is 1.70. The van der Waals surface area contributed by atoms with Crippen molar-refractivity contribution < 1.29 is 9.21 Å². The summed E-state index contributed by atoms with van der Waals surface area (Å²) in [5, 5.41) is 2.61. The van der Waals surface area contributed by atoms with Crippen molar-refractivity contribution in [3.8, 4) is 0 Å². The minimum Gasteiger partial charge on any atom is -0.444 e. The molecule has 1 amide bonds. The topological polar surface area (TPSA) is 55.1 Å². The Kier molecular flexibility index (Phi) is 2.82. The fourth-order valence-electron chi connectivity index (χ4n) is 1.05. The van der Waals surface area contributed by atoms with Gasteiger partial charge in [-0.3, -0.25) is 4.79 Å². The second-order valence-electron chi connectivity index (χ2n) is 2.77. The number of hydrogen-bond donors (Lipinski definition) is 1. The Hall–Kier alpha value is -1.62. The quantitative estimate of drug-likeness (QED) is 0.910. The summed E-state index contributed by atoms with van der Waals surface area (Å²) in [5.74, 6) is 0.418. The van der Waals surface area contributed by atoms with Crippen LogP contribution < -0.4 is 5.32 Å². The van der Waals surface area contributed by atoms with E-state index in [-0.39, 0.29) is 11.7 Å². The number of halogens is 1. The summed E-state index contributed by atoms with van der Waals surface area (Å²) in [4.78, 5) is 15.5. The SMILES string of the molecule is O=C(Nc1ccccn1)c1ccc(Br)o1. The minimum atomic E-state index is -0.320. The van der Waals surface area contributed by atoms with E-state index < -0.39 is 0 Å². The maximum atomic E-state index is 11.6. The van der Waals surface area contributed by atoms with E-state index in [1.165, 1.54) is 0 Å². The first-order valence-electron chi connectivity index (χ1n) is 4.23. The van der Waals surface area contributed by atoms with Crippen molar-refractivity contribution in [3.05, 3.63) is 47.0 Å². The lowest BCUT2D eigenvalue weighted by atomic mass is 10.4. The number of furan rings is 1. The van der Waals surface area contributed by atoms with Crippen molar-refractivity contribution >= 4 is 27.7 Å². The first-order chi connectivity index (χ1) is 7.25. The standard InChI is InChI=1S/C10H7BrN2O2/c11-8-5-4-7(15-8)10(14)13-9-3-1-2-6-12-9/h1-6H,(H,12,13,14).